The van der Waals surface area contributed by atoms with Crippen LogP contribution in [-0.4, -0.2) is 26.1 Å². The molecule has 0 unspecified atom stereocenters. The second-order valence-electron chi connectivity index (χ2n) is 7.48. The van der Waals surface area contributed by atoms with Crippen LogP contribution in [0.2, 0.25) is 0 Å². The lowest BCUT2D eigenvalue weighted by atomic mass is 10.1. The first kappa shape index (κ1) is 23.7. The first-order valence-corrected chi connectivity index (χ1v) is 12.5. The third-order valence-electron chi connectivity index (χ3n) is 5.19. The third-order valence-corrected chi connectivity index (χ3v) is 7.34. The van der Waals surface area contributed by atoms with Crippen LogP contribution in [0.5, 0.6) is 0 Å². The van der Waals surface area contributed by atoms with Crippen molar-refractivity contribution in [3.05, 3.63) is 91.6 Å². The molecule has 0 aliphatic rings. The van der Waals surface area contributed by atoms with E-state index in [0.29, 0.717) is 28.3 Å². The minimum Gasteiger partial charge on any atom is -0.320 e. The van der Waals surface area contributed by atoms with Crippen molar-refractivity contribution in [2.75, 3.05) is 11.1 Å². The highest BCUT2D eigenvalue weighted by Gasteiger charge is 2.18. The van der Waals surface area contributed by atoms with E-state index >= 15 is 0 Å². The Balaban J connectivity index is 1.58. The van der Waals surface area contributed by atoms with Crippen molar-refractivity contribution in [2.24, 2.45) is 0 Å². The quantitative estimate of drug-likeness (QED) is 0.153. The zero-order valence-corrected chi connectivity index (χ0v) is 20.0. The van der Waals surface area contributed by atoms with Crippen LogP contribution in [0.1, 0.15) is 17.4 Å². The van der Waals surface area contributed by atoms with E-state index in [0.717, 1.165) is 28.6 Å². The fraction of sp³-hybridized carbons (Fsp3) is 0.208. The highest BCUT2D eigenvalue weighted by atomic mass is 32.2. The summed E-state index contributed by atoms with van der Waals surface area (Å²) in [6, 6.07) is 17.7. The monoisotopic (exact) mass is 494 g/mol. The number of nitrogens with zero attached hydrogens (tertiary/aromatic N) is 3. The topological polar surface area (TPSA) is 107 Å². The molecule has 0 radical (unpaired) electrons. The lowest BCUT2D eigenvalue weighted by Crippen LogP contribution is -2.24. The Morgan fingerprint density at radius 2 is 1.91 bits per heavy atom. The molecule has 8 nitrogen and oxygen atoms in total. The molecule has 2 aromatic heterocycles. The molecule has 0 fully saturated rings. The number of thiophene rings is 1. The first-order valence-electron chi connectivity index (χ1n) is 10.7. The second-order valence-corrected chi connectivity index (χ2v) is 9.54. The highest BCUT2D eigenvalue weighted by Crippen LogP contribution is 2.27. The number of nitro groups is 1. The van der Waals surface area contributed by atoms with Crippen LogP contribution in [0.4, 0.5) is 11.4 Å². The number of carbonyl (C=O) groups excluding carboxylic acids is 1. The van der Waals surface area contributed by atoms with Crippen LogP contribution in [-0.2, 0) is 24.2 Å². The van der Waals surface area contributed by atoms with Gasteiger partial charge in [-0.3, -0.25) is 24.3 Å². The summed E-state index contributed by atoms with van der Waals surface area (Å²) in [6.45, 7) is 2.46. The average molecular weight is 495 g/mol. The van der Waals surface area contributed by atoms with Crippen LogP contribution in [0.3, 0.4) is 0 Å². The molecular formula is C24H22N4O4S2. The molecular weight excluding hydrogens is 472 g/mol. The summed E-state index contributed by atoms with van der Waals surface area (Å²) in [6.07, 6.45) is 1.46. The third kappa shape index (κ3) is 5.35. The number of carbonyl (C=O) groups is 1. The fourth-order valence-electron chi connectivity index (χ4n) is 3.47. The van der Waals surface area contributed by atoms with Crippen LogP contribution < -0.4 is 10.9 Å². The van der Waals surface area contributed by atoms with Gasteiger partial charge in [-0.1, -0.05) is 61.2 Å². The Hall–Kier alpha value is -3.50. The van der Waals surface area contributed by atoms with Gasteiger partial charge < -0.3 is 5.32 Å². The summed E-state index contributed by atoms with van der Waals surface area (Å²) in [5, 5.41) is 14.8. The van der Waals surface area contributed by atoms with Gasteiger partial charge in [-0.25, -0.2) is 4.98 Å². The van der Waals surface area contributed by atoms with Gasteiger partial charge in [0.25, 0.3) is 11.2 Å². The van der Waals surface area contributed by atoms with Crippen LogP contribution in [0.15, 0.2) is 70.6 Å². The molecule has 0 saturated heterocycles. The number of hydrogen-bond acceptors (Lipinski definition) is 7. The molecule has 0 atom stereocenters. The summed E-state index contributed by atoms with van der Waals surface area (Å²) >= 11 is 2.62. The van der Waals surface area contributed by atoms with E-state index in [2.05, 4.69) is 5.32 Å². The molecule has 0 bridgehead atoms. The average Bonchev–Trinajstić information content (AvgIpc) is 3.27. The maximum Gasteiger partial charge on any atom is 0.292 e. The second kappa shape index (κ2) is 10.6. The number of benzene rings is 2. The van der Waals surface area contributed by atoms with Crippen molar-refractivity contribution >= 4 is 50.6 Å². The molecule has 4 aromatic rings. The van der Waals surface area contributed by atoms with Gasteiger partial charge in [-0.15, -0.1) is 11.3 Å². The van der Waals surface area contributed by atoms with Gasteiger partial charge in [-0.2, -0.15) is 0 Å². The minimum atomic E-state index is -0.540. The SMILES string of the molecule is CCc1cc2c(=O)n(CCc3ccccc3)c(SCC(=O)Nc3ccccc3[N+](=O)[O-])nc2s1. The molecule has 174 valence electrons. The molecule has 2 heterocycles. The summed E-state index contributed by atoms with van der Waals surface area (Å²) in [4.78, 5) is 43.0. The van der Waals surface area contributed by atoms with Gasteiger partial charge in [0.1, 0.15) is 10.5 Å². The lowest BCUT2D eigenvalue weighted by Gasteiger charge is -2.12. The smallest absolute Gasteiger partial charge is 0.292 e. The Morgan fingerprint density at radius 3 is 2.65 bits per heavy atom. The standard InChI is InChI=1S/C24H22N4O4S2/c1-2-17-14-18-22(34-17)26-24(27(23(18)30)13-12-16-8-4-3-5-9-16)33-15-21(29)25-19-10-6-7-11-20(19)28(31)32/h3-11,14H,2,12-13,15H2,1H3,(H,25,29). The van der Waals surface area contributed by atoms with Gasteiger partial charge in [0.2, 0.25) is 5.91 Å². The first-order chi connectivity index (χ1) is 16.5. The Labute approximate surface area is 203 Å². The van der Waals surface area contributed by atoms with Crippen molar-refractivity contribution < 1.29 is 9.72 Å². The van der Waals surface area contributed by atoms with E-state index in [1.165, 1.54) is 23.5 Å². The zero-order chi connectivity index (χ0) is 24.1. The van der Waals surface area contributed by atoms with Gasteiger partial charge >= 0.3 is 0 Å². The Kier molecular flexibility index (Phi) is 7.39. The van der Waals surface area contributed by atoms with E-state index in [4.69, 9.17) is 4.98 Å². The van der Waals surface area contributed by atoms with E-state index in [1.54, 1.807) is 16.7 Å². The zero-order valence-electron chi connectivity index (χ0n) is 18.4. The minimum absolute atomic E-state index is 0.0403. The van der Waals surface area contributed by atoms with Crippen LogP contribution in [0.25, 0.3) is 10.2 Å². The number of aryl methyl sites for hydroxylation is 2. The van der Waals surface area contributed by atoms with Crippen LogP contribution in [0, 0.1) is 10.1 Å². The summed E-state index contributed by atoms with van der Waals surface area (Å²) in [7, 11) is 0. The van der Waals surface area contributed by atoms with E-state index in [9.17, 15) is 19.7 Å². The number of rotatable bonds is 9. The van der Waals surface area contributed by atoms with E-state index in [1.807, 2.05) is 43.3 Å². The maximum absolute atomic E-state index is 13.3. The number of hydrogen-bond donors (Lipinski definition) is 1. The van der Waals surface area contributed by atoms with Gasteiger partial charge in [-0.05, 0) is 30.5 Å². The predicted molar refractivity (Wildman–Crippen MR) is 136 cm³/mol. The molecule has 2 aromatic carbocycles. The maximum atomic E-state index is 13.3. The van der Waals surface area contributed by atoms with E-state index < -0.39 is 10.8 Å². The molecule has 0 saturated carbocycles. The highest BCUT2D eigenvalue weighted by molar-refractivity contribution is 7.99. The number of aromatic nitrogens is 2. The Bertz CT molecular complexity index is 1400. The van der Waals surface area contributed by atoms with Crippen molar-refractivity contribution in [3.63, 3.8) is 0 Å². The molecule has 0 spiro atoms. The van der Waals surface area contributed by atoms with Gasteiger partial charge in [0, 0.05) is 17.5 Å². The lowest BCUT2D eigenvalue weighted by molar-refractivity contribution is -0.383. The number of amides is 1. The van der Waals surface area contributed by atoms with Crippen molar-refractivity contribution in [1.82, 2.24) is 9.55 Å². The molecule has 4 rings (SSSR count). The number of nitro benzene ring substituents is 1. The largest absolute Gasteiger partial charge is 0.320 e. The number of thioether (sulfide) groups is 1. The normalized spacial score (nSPS) is 11.0. The summed E-state index contributed by atoms with van der Waals surface area (Å²) in [5.41, 5.74) is 0.928. The number of fused-ring (bicyclic) bond motifs is 1. The predicted octanol–water partition coefficient (Wildman–Crippen LogP) is 4.90. The number of nitrogens with one attached hydrogen (secondary N) is 1. The van der Waals surface area contributed by atoms with E-state index in [-0.39, 0.29) is 22.7 Å². The molecule has 1 amide bonds. The van der Waals surface area contributed by atoms with Crippen LogP contribution >= 0.6 is 23.1 Å². The molecule has 10 heteroatoms. The molecule has 0 aliphatic heterocycles. The number of para-hydroxylation sites is 2. The summed E-state index contributed by atoms with van der Waals surface area (Å²) in [5.74, 6) is -0.454. The van der Waals surface area contributed by atoms with Crippen molar-refractivity contribution in [1.29, 1.82) is 0 Å². The molecule has 0 aliphatic carbocycles. The Morgan fingerprint density at radius 1 is 1.18 bits per heavy atom. The summed E-state index contributed by atoms with van der Waals surface area (Å²) < 4.78 is 1.62. The number of anilines is 1. The van der Waals surface area contributed by atoms with Gasteiger partial charge in [0.05, 0.1) is 16.1 Å². The fourth-order valence-corrected chi connectivity index (χ4v) is 5.30. The van der Waals surface area contributed by atoms with Crippen molar-refractivity contribution in [2.45, 2.75) is 31.5 Å². The van der Waals surface area contributed by atoms with Gasteiger partial charge in [0.15, 0.2) is 5.16 Å². The molecule has 1 N–H and O–H groups in total. The molecule has 34 heavy (non-hydrogen) atoms. The van der Waals surface area contributed by atoms with Crippen molar-refractivity contribution in [3.8, 4) is 0 Å².